The van der Waals surface area contributed by atoms with Crippen LogP contribution in [-0.2, 0) is 4.79 Å². The summed E-state index contributed by atoms with van der Waals surface area (Å²) in [6.07, 6.45) is 9.28. The Morgan fingerprint density at radius 3 is 2.88 bits per heavy atom. The van der Waals surface area contributed by atoms with Gasteiger partial charge in [0.25, 0.3) is 0 Å². The summed E-state index contributed by atoms with van der Waals surface area (Å²) in [7, 11) is 3.66. The number of carbonyl (C=O) groups is 1. The average molecular weight is 447 g/mol. The number of amides is 1. The number of rotatable bonds is 8. The Balaban J connectivity index is 1.30. The standard InChI is InChI=1S/C25H30N6O2/c1-30(21-6-3-7-22(15-21)33-2)14-10-25(32)31-13-4-5-19(18-31)23-9-8-20(16-28-23)29-24-17-26-11-12-27-24/h3,6-9,11-12,15-17,19H,4-5,10,13-14,18H2,1-2H3,(H,27,29)/t19-/m1/s1. The minimum absolute atomic E-state index is 0.190. The van der Waals surface area contributed by atoms with Crippen LogP contribution < -0.4 is 15.0 Å². The maximum absolute atomic E-state index is 12.9. The first-order chi connectivity index (χ1) is 16.1. The van der Waals surface area contributed by atoms with E-state index in [1.165, 1.54) is 0 Å². The lowest BCUT2D eigenvalue weighted by Gasteiger charge is -2.33. The van der Waals surface area contributed by atoms with E-state index < -0.39 is 0 Å². The summed E-state index contributed by atoms with van der Waals surface area (Å²) in [6.45, 7) is 2.18. The van der Waals surface area contributed by atoms with Gasteiger partial charge in [0.2, 0.25) is 5.91 Å². The van der Waals surface area contributed by atoms with Crippen LogP contribution in [0.2, 0.25) is 0 Å². The molecule has 1 atom stereocenters. The highest BCUT2D eigenvalue weighted by Gasteiger charge is 2.25. The van der Waals surface area contributed by atoms with Gasteiger partial charge in [-0.15, -0.1) is 0 Å². The Kier molecular flexibility index (Phi) is 7.34. The van der Waals surface area contributed by atoms with Gasteiger partial charge in [-0.3, -0.25) is 14.8 Å². The fourth-order valence-corrected chi connectivity index (χ4v) is 4.08. The minimum atomic E-state index is 0.190. The van der Waals surface area contributed by atoms with Crippen LogP contribution in [0.1, 0.15) is 30.9 Å². The fraction of sp³-hybridized carbons (Fsp3) is 0.360. The molecule has 172 valence electrons. The molecule has 0 unspecified atom stereocenters. The van der Waals surface area contributed by atoms with Gasteiger partial charge in [-0.1, -0.05) is 6.07 Å². The summed E-state index contributed by atoms with van der Waals surface area (Å²) in [5.74, 6) is 1.94. The first kappa shape index (κ1) is 22.5. The van der Waals surface area contributed by atoms with Gasteiger partial charge < -0.3 is 19.9 Å². The minimum Gasteiger partial charge on any atom is -0.497 e. The summed E-state index contributed by atoms with van der Waals surface area (Å²) in [4.78, 5) is 29.9. The van der Waals surface area contributed by atoms with E-state index in [0.29, 0.717) is 25.3 Å². The number of nitrogens with zero attached hydrogens (tertiary/aromatic N) is 5. The Morgan fingerprint density at radius 2 is 2.12 bits per heavy atom. The topological polar surface area (TPSA) is 83.5 Å². The largest absolute Gasteiger partial charge is 0.497 e. The second-order valence-electron chi connectivity index (χ2n) is 8.24. The number of carbonyl (C=O) groups excluding carboxylic acids is 1. The van der Waals surface area contributed by atoms with Crippen molar-refractivity contribution < 1.29 is 9.53 Å². The first-order valence-electron chi connectivity index (χ1n) is 11.2. The molecule has 1 fully saturated rings. The average Bonchev–Trinajstić information content (AvgIpc) is 2.88. The highest BCUT2D eigenvalue weighted by atomic mass is 16.5. The zero-order valence-electron chi connectivity index (χ0n) is 19.1. The Morgan fingerprint density at radius 1 is 1.21 bits per heavy atom. The Labute approximate surface area is 194 Å². The SMILES string of the molecule is COc1cccc(N(C)CCC(=O)N2CCC[C@@H](c3ccc(Nc4cnccn4)cn3)C2)c1. The predicted molar refractivity (Wildman–Crippen MR) is 129 cm³/mol. The van der Waals surface area contributed by atoms with Gasteiger partial charge in [-0.25, -0.2) is 4.98 Å². The highest BCUT2D eigenvalue weighted by Crippen LogP contribution is 2.27. The summed E-state index contributed by atoms with van der Waals surface area (Å²) >= 11 is 0. The van der Waals surface area contributed by atoms with Crippen LogP contribution in [0.3, 0.4) is 0 Å². The predicted octanol–water partition coefficient (Wildman–Crippen LogP) is 3.86. The number of benzene rings is 1. The maximum Gasteiger partial charge on any atom is 0.224 e. The third-order valence-electron chi connectivity index (χ3n) is 5.97. The summed E-state index contributed by atoms with van der Waals surface area (Å²) in [6, 6.07) is 11.9. The molecule has 8 heteroatoms. The molecule has 1 aliphatic heterocycles. The first-order valence-corrected chi connectivity index (χ1v) is 11.2. The van der Waals surface area contributed by atoms with Crippen molar-refractivity contribution >= 4 is 23.1 Å². The molecule has 1 amide bonds. The van der Waals surface area contributed by atoms with Crippen molar-refractivity contribution in [3.63, 3.8) is 0 Å². The van der Waals surface area contributed by atoms with Crippen molar-refractivity contribution in [2.75, 3.05) is 44.0 Å². The van der Waals surface area contributed by atoms with Gasteiger partial charge >= 0.3 is 0 Å². The van der Waals surface area contributed by atoms with E-state index in [0.717, 1.165) is 42.2 Å². The molecule has 1 aromatic carbocycles. The third-order valence-corrected chi connectivity index (χ3v) is 5.97. The molecule has 1 aliphatic rings. The van der Waals surface area contributed by atoms with Crippen molar-refractivity contribution in [1.29, 1.82) is 0 Å². The molecule has 0 aliphatic carbocycles. The van der Waals surface area contributed by atoms with Crippen molar-refractivity contribution in [3.8, 4) is 5.75 Å². The summed E-state index contributed by atoms with van der Waals surface area (Å²) < 4.78 is 5.30. The molecule has 0 radical (unpaired) electrons. The van der Waals surface area contributed by atoms with E-state index in [2.05, 4.69) is 25.2 Å². The number of pyridine rings is 1. The van der Waals surface area contributed by atoms with Crippen LogP contribution in [0.4, 0.5) is 17.2 Å². The molecule has 4 rings (SSSR count). The van der Waals surface area contributed by atoms with Crippen LogP contribution in [0.15, 0.2) is 61.2 Å². The molecule has 0 bridgehead atoms. The number of hydrogen-bond donors (Lipinski definition) is 1. The van der Waals surface area contributed by atoms with Crippen molar-refractivity contribution in [2.24, 2.45) is 0 Å². The highest BCUT2D eigenvalue weighted by molar-refractivity contribution is 5.77. The van der Waals surface area contributed by atoms with Crippen molar-refractivity contribution in [2.45, 2.75) is 25.2 Å². The number of nitrogens with one attached hydrogen (secondary N) is 1. The van der Waals surface area contributed by atoms with Crippen LogP contribution in [0, 0.1) is 0 Å². The molecular weight excluding hydrogens is 416 g/mol. The van der Waals surface area contributed by atoms with Gasteiger partial charge in [-0.2, -0.15) is 0 Å². The van der Waals surface area contributed by atoms with Gasteiger partial charge in [-0.05, 0) is 37.1 Å². The molecule has 1 N–H and O–H groups in total. The van der Waals surface area contributed by atoms with Crippen molar-refractivity contribution in [3.05, 3.63) is 66.9 Å². The second-order valence-corrected chi connectivity index (χ2v) is 8.24. The van der Waals surface area contributed by atoms with E-state index in [1.807, 2.05) is 54.5 Å². The smallest absolute Gasteiger partial charge is 0.224 e. The quantitative estimate of drug-likeness (QED) is 0.563. The molecule has 1 saturated heterocycles. The van der Waals surface area contributed by atoms with Crippen LogP contribution in [0.25, 0.3) is 0 Å². The molecule has 3 aromatic rings. The van der Waals surface area contributed by atoms with Crippen LogP contribution >= 0.6 is 0 Å². The molecule has 0 spiro atoms. The van der Waals surface area contributed by atoms with E-state index in [-0.39, 0.29) is 11.8 Å². The Hall–Kier alpha value is -3.68. The number of ether oxygens (including phenoxy) is 1. The fourth-order valence-electron chi connectivity index (χ4n) is 4.08. The number of aromatic nitrogens is 3. The second kappa shape index (κ2) is 10.8. The van der Waals surface area contributed by atoms with E-state index in [1.54, 1.807) is 25.7 Å². The normalized spacial score (nSPS) is 15.7. The van der Waals surface area contributed by atoms with Gasteiger partial charge in [0.05, 0.1) is 25.2 Å². The maximum atomic E-state index is 12.9. The number of hydrogen-bond acceptors (Lipinski definition) is 7. The molecule has 33 heavy (non-hydrogen) atoms. The Bertz CT molecular complexity index is 1040. The van der Waals surface area contributed by atoms with Crippen LogP contribution in [-0.4, -0.2) is 59.6 Å². The lowest BCUT2D eigenvalue weighted by atomic mass is 9.94. The number of piperidine rings is 1. The number of methoxy groups -OCH3 is 1. The van der Waals surface area contributed by atoms with Gasteiger partial charge in [0.1, 0.15) is 11.6 Å². The zero-order chi connectivity index (χ0) is 23.0. The van der Waals surface area contributed by atoms with Crippen LogP contribution in [0.5, 0.6) is 5.75 Å². The molecular formula is C25H30N6O2. The lowest BCUT2D eigenvalue weighted by molar-refractivity contribution is -0.132. The third kappa shape index (κ3) is 5.97. The number of anilines is 3. The molecule has 8 nitrogen and oxygen atoms in total. The monoisotopic (exact) mass is 446 g/mol. The lowest BCUT2D eigenvalue weighted by Crippen LogP contribution is -2.40. The van der Waals surface area contributed by atoms with E-state index in [9.17, 15) is 4.79 Å². The molecule has 3 heterocycles. The van der Waals surface area contributed by atoms with E-state index in [4.69, 9.17) is 4.74 Å². The molecule has 2 aromatic heterocycles. The number of likely N-dealkylation sites (tertiary alicyclic amines) is 1. The molecule has 0 saturated carbocycles. The van der Waals surface area contributed by atoms with Gasteiger partial charge in [0.15, 0.2) is 0 Å². The summed E-state index contributed by atoms with van der Waals surface area (Å²) in [5.41, 5.74) is 2.92. The van der Waals surface area contributed by atoms with Crippen molar-refractivity contribution in [1.82, 2.24) is 19.9 Å². The zero-order valence-corrected chi connectivity index (χ0v) is 19.1. The summed E-state index contributed by atoms with van der Waals surface area (Å²) in [5, 5.41) is 3.20. The van der Waals surface area contributed by atoms with E-state index >= 15 is 0 Å². The van der Waals surface area contributed by atoms with Gasteiger partial charge in [0, 0.05) is 68.9 Å².